The Bertz CT molecular complexity index is 551. The van der Waals surface area contributed by atoms with Crippen LogP contribution in [-0.2, 0) is 6.73 Å². The average molecular weight is 324 g/mol. The van der Waals surface area contributed by atoms with E-state index >= 15 is 0 Å². The van der Waals surface area contributed by atoms with Gasteiger partial charge in [0.15, 0.2) is 6.73 Å². The molecule has 0 bridgehead atoms. The fourth-order valence-electron chi connectivity index (χ4n) is 1.48. The van der Waals surface area contributed by atoms with Crippen molar-refractivity contribution in [2.45, 2.75) is 13.7 Å². The number of carbonyl (C=O) groups is 1. The Morgan fingerprint density at radius 2 is 2.11 bits per heavy atom. The Morgan fingerprint density at radius 3 is 2.79 bits per heavy atom. The van der Waals surface area contributed by atoms with Crippen LogP contribution < -0.4 is 10.1 Å². The zero-order valence-electron chi connectivity index (χ0n) is 10.5. The maximum atomic E-state index is 11.5. The lowest BCUT2D eigenvalue weighted by Crippen LogP contribution is -2.23. The van der Waals surface area contributed by atoms with Crippen LogP contribution in [0.1, 0.15) is 17.4 Å². The van der Waals surface area contributed by atoms with E-state index in [1.807, 2.05) is 31.2 Å². The topological polar surface area (TPSA) is 56.2 Å². The second-order valence-electron chi connectivity index (χ2n) is 3.83. The van der Waals surface area contributed by atoms with E-state index in [2.05, 4.69) is 26.3 Å². The number of halogens is 1. The Kier molecular flexibility index (Phi) is 4.57. The maximum absolute atomic E-state index is 11.5. The Balaban J connectivity index is 1.93. The molecule has 2 aromatic rings. The summed E-state index contributed by atoms with van der Waals surface area (Å²) < 4.78 is 8.12. The van der Waals surface area contributed by atoms with Crippen molar-refractivity contribution in [2.75, 3.05) is 6.54 Å². The molecule has 0 aliphatic rings. The summed E-state index contributed by atoms with van der Waals surface area (Å²) >= 11 is 3.36. The van der Waals surface area contributed by atoms with Gasteiger partial charge >= 0.3 is 0 Å². The van der Waals surface area contributed by atoms with E-state index in [9.17, 15) is 4.79 Å². The van der Waals surface area contributed by atoms with Crippen LogP contribution in [0.3, 0.4) is 0 Å². The molecule has 0 saturated carbocycles. The molecule has 1 aromatic heterocycles. The molecular weight excluding hydrogens is 310 g/mol. The van der Waals surface area contributed by atoms with Crippen LogP contribution in [0.4, 0.5) is 0 Å². The lowest BCUT2D eigenvalue weighted by atomic mass is 10.3. The second kappa shape index (κ2) is 6.38. The number of nitrogens with zero attached hydrogens (tertiary/aromatic N) is 2. The molecule has 0 atom stereocenters. The molecule has 0 spiro atoms. The minimum absolute atomic E-state index is 0.176. The van der Waals surface area contributed by atoms with Crippen LogP contribution in [0.25, 0.3) is 0 Å². The van der Waals surface area contributed by atoms with Crippen molar-refractivity contribution in [3.63, 3.8) is 0 Å². The van der Waals surface area contributed by atoms with Crippen LogP contribution in [0.2, 0.25) is 0 Å². The highest BCUT2D eigenvalue weighted by Gasteiger charge is 2.07. The standard InChI is InChI=1S/C13H14BrN3O2/c1-2-15-13(18)12-7-8-17(16-12)9-19-11-5-3-10(14)4-6-11/h3-8H,2,9H2,1H3,(H,15,18). The molecule has 1 aromatic carbocycles. The molecule has 100 valence electrons. The zero-order valence-corrected chi connectivity index (χ0v) is 12.1. The monoisotopic (exact) mass is 323 g/mol. The van der Waals surface area contributed by atoms with Crippen molar-refractivity contribution >= 4 is 21.8 Å². The normalized spacial score (nSPS) is 10.2. The molecule has 1 amide bonds. The van der Waals surface area contributed by atoms with E-state index in [0.717, 1.165) is 10.2 Å². The van der Waals surface area contributed by atoms with Gasteiger partial charge in [0.1, 0.15) is 11.4 Å². The fraction of sp³-hybridized carbons (Fsp3) is 0.231. The number of rotatable bonds is 5. The Morgan fingerprint density at radius 1 is 1.37 bits per heavy atom. The van der Waals surface area contributed by atoms with Gasteiger partial charge in [-0.05, 0) is 37.3 Å². The summed E-state index contributed by atoms with van der Waals surface area (Å²) in [6.07, 6.45) is 1.71. The van der Waals surface area contributed by atoms with Gasteiger partial charge in [0.05, 0.1) is 0 Å². The zero-order chi connectivity index (χ0) is 13.7. The minimum Gasteiger partial charge on any atom is -0.471 e. The van der Waals surface area contributed by atoms with Gasteiger partial charge in [-0.1, -0.05) is 15.9 Å². The highest BCUT2D eigenvalue weighted by Crippen LogP contribution is 2.16. The van der Waals surface area contributed by atoms with Gasteiger partial charge in [-0.15, -0.1) is 0 Å². The van der Waals surface area contributed by atoms with Crippen LogP contribution in [0.5, 0.6) is 5.75 Å². The molecule has 1 N–H and O–H groups in total. The smallest absolute Gasteiger partial charge is 0.271 e. The first kappa shape index (κ1) is 13.6. The molecule has 2 rings (SSSR count). The summed E-state index contributed by atoms with van der Waals surface area (Å²) in [5.74, 6) is 0.572. The van der Waals surface area contributed by atoms with Crippen molar-refractivity contribution in [2.24, 2.45) is 0 Å². The predicted molar refractivity (Wildman–Crippen MR) is 75.0 cm³/mol. The van der Waals surface area contributed by atoms with Crippen molar-refractivity contribution in [3.05, 3.63) is 46.7 Å². The lowest BCUT2D eigenvalue weighted by Gasteiger charge is -2.06. The summed E-state index contributed by atoms with van der Waals surface area (Å²) in [6.45, 7) is 2.72. The summed E-state index contributed by atoms with van der Waals surface area (Å²) in [7, 11) is 0. The van der Waals surface area contributed by atoms with Crippen molar-refractivity contribution in [3.8, 4) is 5.75 Å². The molecule has 19 heavy (non-hydrogen) atoms. The molecule has 0 fully saturated rings. The fourth-order valence-corrected chi connectivity index (χ4v) is 1.74. The highest BCUT2D eigenvalue weighted by molar-refractivity contribution is 9.10. The second-order valence-corrected chi connectivity index (χ2v) is 4.74. The maximum Gasteiger partial charge on any atom is 0.271 e. The quantitative estimate of drug-likeness (QED) is 0.919. The van der Waals surface area contributed by atoms with Crippen molar-refractivity contribution in [1.82, 2.24) is 15.1 Å². The number of ether oxygens (including phenoxy) is 1. The molecule has 5 nitrogen and oxygen atoms in total. The molecular formula is C13H14BrN3O2. The summed E-state index contributed by atoms with van der Waals surface area (Å²) in [5, 5.41) is 6.83. The first-order valence-electron chi connectivity index (χ1n) is 5.89. The molecule has 6 heteroatoms. The Labute approximate surface area is 119 Å². The third-order valence-corrected chi connectivity index (χ3v) is 2.92. The van der Waals surface area contributed by atoms with Gasteiger partial charge in [0.25, 0.3) is 5.91 Å². The first-order valence-corrected chi connectivity index (χ1v) is 6.68. The minimum atomic E-state index is -0.176. The van der Waals surface area contributed by atoms with Crippen molar-refractivity contribution < 1.29 is 9.53 Å². The van der Waals surface area contributed by atoms with E-state index in [1.165, 1.54) is 0 Å². The van der Waals surface area contributed by atoms with Gasteiger partial charge < -0.3 is 10.1 Å². The van der Waals surface area contributed by atoms with E-state index in [0.29, 0.717) is 12.2 Å². The average Bonchev–Trinajstić information content (AvgIpc) is 2.87. The third-order valence-electron chi connectivity index (χ3n) is 2.39. The number of benzene rings is 1. The predicted octanol–water partition coefficient (Wildman–Crippen LogP) is 2.43. The summed E-state index contributed by atoms with van der Waals surface area (Å²) in [4.78, 5) is 11.5. The number of carbonyl (C=O) groups excluding carboxylic acids is 1. The highest BCUT2D eigenvalue weighted by atomic mass is 79.9. The molecule has 0 unspecified atom stereocenters. The molecule has 0 aliphatic heterocycles. The van der Waals surface area contributed by atoms with E-state index in [4.69, 9.17) is 4.74 Å². The molecule has 0 saturated heterocycles. The number of hydrogen-bond donors (Lipinski definition) is 1. The Hall–Kier alpha value is -1.82. The van der Waals surface area contributed by atoms with Crippen molar-refractivity contribution in [1.29, 1.82) is 0 Å². The van der Waals surface area contributed by atoms with Crippen LogP contribution >= 0.6 is 15.9 Å². The van der Waals surface area contributed by atoms with E-state index in [-0.39, 0.29) is 12.6 Å². The number of hydrogen-bond acceptors (Lipinski definition) is 3. The molecule has 1 heterocycles. The molecule has 0 aliphatic carbocycles. The van der Waals surface area contributed by atoms with Gasteiger partial charge in [0.2, 0.25) is 0 Å². The van der Waals surface area contributed by atoms with Gasteiger partial charge in [0, 0.05) is 17.2 Å². The number of aromatic nitrogens is 2. The number of amides is 1. The largest absolute Gasteiger partial charge is 0.471 e. The van der Waals surface area contributed by atoms with Crippen LogP contribution in [-0.4, -0.2) is 22.2 Å². The van der Waals surface area contributed by atoms with E-state index < -0.39 is 0 Å². The van der Waals surface area contributed by atoms with Crippen LogP contribution in [0.15, 0.2) is 41.0 Å². The lowest BCUT2D eigenvalue weighted by molar-refractivity contribution is 0.0949. The summed E-state index contributed by atoms with van der Waals surface area (Å²) in [5.41, 5.74) is 0.390. The summed E-state index contributed by atoms with van der Waals surface area (Å²) in [6, 6.07) is 9.18. The van der Waals surface area contributed by atoms with Gasteiger partial charge in [-0.25, -0.2) is 4.68 Å². The number of nitrogens with one attached hydrogen (secondary N) is 1. The van der Waals surface area contributed by atoms with E-state index in [1.54, 1.807) is 16.9 Å². The van der Waals surface area contributed by atoms with Gasteiger partial charge in [-0.2, -0.15) is 5.10 Å². The first-order chi connectivity index (χ1) is 9.19. The third kappa shape index (κ3) is 3.82. The van der Waals surface area contributed by atoms with Gasteiger partial charge in [-0.3, -0.25) is 4.79 Å². The SMILES string of the molecule is CCNC(=O)c1ccn(COc2ccc(Br)cc2)n1. The van der Waals surface area contributed by atoms with Crippen LogP contribution in [0, 0.1) is 0 Å². The molecule has 0 radical (unpaired) electrons.